The zero-order valence-corrected chi connectivity index (χ0v) is 12.2. The molecule has 0 rings (SSSR count). The minimum Gasteiger partial charge on any atom is -0.380 e. The van der Waals surface area contributed by atoms with Crippen LogP contribution in [0.25, 0.3) is 0 Å². The van der Waals surface area contributed by atoms with Crippen molar-refractivity contribution in [2.24, 2.45) is 5.41 Å². The summed E-state index contributed by atoms with van der Waals surface area (Å²) in [5.74, 6) is -0.180. The number of ketones is 1. The molecule has 0 heterocycles. The second kappa shape index (κ2) is 7.27. The molecule has 6 heteroatoms. The lowest BCUT2D eigenvalue weighted by molar-refractivity contribution is -0.127. The zero-order chi connectivity index (χ0) is 13.5. The van der Waals surface area contributed by atoms with Crippen molar-refractivity contribution in [3.05, 3.63) is 0 Å². The third kappa shape index (κ3) is 5.77. The van der Waals surface area contributed by atoms with Crippen LogP contribution in [0.15, 0.2) is 0 Å². The van der Waals surface area contributed by atoms with Gasteiger partial charge in [0.2, 0.25) is 0 Å². The highest BCUT2D eigenvalue weighted by Gasteiger charge is 2.35. The lowest BCUT2D eigenvalue weighted by atomic mass is 9.90. The first kappa shape index (κ1) is 16.8. The van der Waals surface area contributed by atoms with E-state index in [2.05, 4.69) is 0 Å². The van der Waals surface area contributed by atoms with Gasteiger partial charge in [0.25, 0.3) is 0 Å². The summed E-state index contributed by atoms with van der Waals surface area (Å²) in [5.41, 5.74) is -0.679. The summed E-state index contributed by atoms with van der Waals surface area (Å²) in [6, 6.07) is 0. The van der Waals surface area contributed by atoms with Gasteiger partial charge in [-0.1, -0.05) is 20.8 Å². The van der Waals surface area contributed by atoms with Gasteiger partial charge in [-0.25, -0.2) is 0 Å². The molecule has 0 aliphatic heterocycles. The van der Waals surface area contributed by atoms with Crippen LogP contribution in [0.2, 0.25) is 0 Å². The summed E-state index contributed by atoms with van der Waals surface area (Å²) < 4.78 is 26.7. The van der Waals surface area contributed by atoms with E-state index in [-0.39, 0.29) is 11.9 Å². The quantitative estimate of drug-likeness (QED) is 0.474. The summed E-state index contributed by atoms with van der Waals surface area (Å²) in [4.78, 5) is 12.0. The second-order valence-corrected chi connectivity index (χ2v) is 6.76. The molecular weight excluding hydrogens is 243 g/mol. The van der Waals surface area contributed by atoms with Crippen LogP contribution < -0.4 is 0 Å². The number of rotatable bonds is 9. The third-order valence-electron chi connectivity index (χ3n) is 2.46. The van der Waals surface area contributed by atoms with Crippen molar-refractivity contribution in [2.45, 2.75) is 27.2 Å². The van der Waals surface area contributed by atoms with Crippen molar-refractivity contribution in [3.63, 3.8) is 0 Å². The fourth-order valence-corrected chi connectivity index (χ4v) is 2.33. The molecule has 0 atom stereocenters. The fraction of sp³-hybridized carbons (Fsp3) is 0.909. The van der Waals surface area contributed by atoms with Gasteiger partial charge in [0.1, 0.15) is 6.16 Å². The maximum Gasteiger partial charge on any atom is 0.337 e. The molecule has 0 spiro atoms. The Balaban J connectivity index is 4.42. The Morgan fingerprint density at radius 2 is 1.76 bits per heavy atom. The number of Topliss-reactive ketones (excluding diaryl/α,β-unsaturated/α-hetero) is 1. The molecule has 0 radical (unpaired) electrons. The number of carbonyl (C=O) groups is 1. The Bertz CT molecular complexity index is 280. The van der Waals surface area contributed by atoms with Gasteiger partial charge in [-0.05, 0) is 6.42 Å². The zero-order valence-electron chi connectivity index (χ0n) is 11.3. The Labute approximate surface area is 103 Å². The highest BCUT2D eigenvalue weighted by Crippen LogP contribution is 2.47. The fourth-order valence-electron chi connectivity index (χ4n) is 1.15. The van der Waals surface area contributed by atoms with E-state index in [4.69, 9.17) is 13.8 Å². The number of carbonyl (C=O) groups excluding carboxylic acids is 1. The first-order valence-corrected chi connectivity index (χ1v) is 7.35. The maximum absolute atomic E-state index is 12.0. The largest absolute Gasteiger partial charge is 0.380 e. The number of hydrogen-bond donors (Lipinski definition) is 0. The van der Waals surface area contributed by atoms with Gasteiger partial charge in [-0.3, -0.25) is 9.36 Å². The second-order valence-electron chi connectivity index (χ2n) is 4.49. The van der Waals surface area contributed by atoms with Crippen LogP contribution in [0.3, 0.4) is 0 Å². The molecule has 0 saturated heterocycles. The Morgan fingerprint density at radius 1 is 1.24 bits per heavy atom. The summed E-state index contributed by atoms with van der Waals surface area (Å²) in [5, 5.41) is 0. The van der Waals surface area contributed by atoms with E-state index in [9.17, 15) is 9.36 Å². The van der Waals surface area contributed by atoms with Crippen LogP contribution in [0.4, 0.5) is 0 Å². The van der Waals surface area contributed by atoms with Gasteiger partial charge >= 0.3 is 7.60 Å². The minimum absolute atomic E-state index is 0.180. The van der Waals surface area contributed by atoms with Crippen molar-refractivity contribution in [1.82, 2.24) is 0 Å². The lowest BCUT2D eigenvalue weighted by Gasteiger charge is -2.24. The molecule has 5 nitrogen and oxygen atoms in total. The molecule has 0 N–H and O–H groups in total. The smallest absolute Gasteiger partial charge is 0.337 e. The van der Waals surface area contributed by atoms with Crippen LogP contribution in [-0.2, 0) is 23.1 Å². The Morgan fingerprint density at radius 3 is 2.18 bits per heavy atom. The molecular formula is C11H23O5P. The molecule has 102 valence electrons. The van der Waals surface area contributed by atoms with Gasteiger partial charge in [0.15, 0.2) is 5.78 Å². The van der Waals surface area contributed by atoms with Gasteiger partial charge in [0.05, 0.1) is 6.61 Å². The Hall–Kier alpha value is -0.220. The molecule has 0 aromatic carbocycles. The molecule has 0 aliphatic rings. The normalized spacial score (nSPS) is 12.8. The highest BCUT2D eigenvalue weighted by atomic mass is 31.2. The Kier molecular flexibility index (Phi) is 7.17. The van der Waals surface area contributed by atoms with E-state index in [0.29, 0.717) is 13.2 Å². The molecule has 0 amide bonds. The first-order valence-electron chi connectivity index (χ1n) is 5.63. The average Bonchev–Trinajstić information content (AvgIpc) is 2.29. The predicted octanol–water partition coefficient (Wildman–Crippen LogP) is 2.49. The highest BCUT2D eigenvalue weighted by molar-refractivity contribution is 7.54. The molecule has 0 aliphatic carbocycles. The predicted molar refractivity (Wildman–Crippen MR) is 66.4 cm³/mol. The topological polar surface area (TPSA) is 61.8 Å². The van der Waals surface area contributed by atoms with Gasteiger partial charge in [0, 0.05) is 26.2 Å². The van der Waals surface area contributed by atoms with Crippen LogP contribution in [0.1, 0.15) is 27.2 Å². The molecule has 17 heavy (non-hydrogen) atoms. The van der Waals surface area contributed by atoms with E-state index < -0.39 is 13.0 Å². The van der Waals surface area contributed by atoms with Crippen molar-refractivity contribution < 1.29 is 23.1 Å². The van der Waals surface area contributed by atoms with Gasteiger partial charge in [-0.2, -0.15) is 0 Å². The number of ether oxygens (including phenoxy) is 1. The van der Waals surface area contributed by atoms with E-state index in [1.807, 2.05) is 6.92 Å². The van der Waals surface area contributed by atoms with E-state index >= 15 is 0 Å². The van der Waals surface area contributed by atoms with Crippen molar-refractivity contribution >= 4 is 13.4 Å². The molecule has 0 unspecified atom stereocenters. The molecule has 0 bridgehead atoms. The molecule has 0 saturated carbocycles. The number of hydrogen-bond acceptors (Lipinski definition) is 5. The summed E-state index contributed by atoms with van der Waals surface area (Å²) in [6.07, 6.45) is 0.682. The maximum atomic E-state index is 12.0. The standard InChI is InChI=1S/C11H23O5P/c1-6-7-16-9-11(2,3)10(12)8-17(13,14-4)15-5/h6-9H2,1-5H3. The third-order valence-corrected chi connectivity index (χ3v) is 4.25. The van der Waals surface area contributed by atoms with Crippen LogP contribution >= 0.6 is 7.60 Å². The summed E-state index contributed by atoms with van der Waals surface area (Å²) >= 11 is 0. The van der Waals surface area contributed by atoms with Crippen molar-refractivity contribution in [2.75, 3.05) is 33.6 Å². The first-order chi connectivity index (χ1) is 7.81. The van der Waals surface area contributed by atoms with Crippen molar-refractivity contribution in [3.8, 4) is 0 Å². The molecule has 0 aromatic heterocycles. The average molecular weight is 266 g/mol. The summed E-state index contributed by atoms with van der Waals surface area (Å²) in [7, 11) is -0.726. The summed E-state index contributed by atoms with van der Waals surface area (Å²) in [6.45, 7) is 6.45. The minimum atomic E-state index is -3.28. The van der Waals surface area contributed by atoms with E-state index in [1.54, 1.807) is 13.8 Å². The SMILES string of the molecule is CCCOCC(C)(C)C(=O)CP(=O)(OC)OC. The van der Waals surface area contributed by atoms with Gasteiger partial charge in [-0.15, -0.1) is 0 Å². The van der Waals surface area contributed by atoms with Crippen LogP contribution in [0.5, 0.6) is 0 Å². The van der Waals surface area contributed by atoms with Crippen LogP contribution in [-0.4, -0.2) is 39.4 Å². The van der Waals surface area contributed by atoms with Crippen LogP contribution in [0, 0.1) is 5.41 Å². The monoisotopic (exact) mass is 266 g/mol. The van der Waals surface area contributed by atoms with Gasteiger partial charge < -0.3 is 13.8 Å². The van der Waals surface area contributed by atoms with Crippen molar-refractivity contribution in [1.29, 1.82) is 0 Å². The lowest BCUT2D eigenvalue weighted by Crippen LogP contribution is -2.32. The molecule has 0 aromatic rings. The van der Waals surface area contributed by atoms with E-state index in [1.165, 1.54) is 14.2 Å². The van der Waals surface area contributed by atoms with E-state index in [0.717, 1.165) is 6.42 Å². The molecule has 0 fully saturated rings.